The summed E-state index contributed by atoms with van der Waals surface area (Å²) in [4.78, 5) is 15.8. The molecule has 2 unspecified atom stereocenters. The SMILES string of the molecule is O=C(NCCc1ccc(Cl)nc1)C1CCCC1O. The lowest BCUT2D eigenvalue weighted by molar-refractivity contribution is -0.127. The van der Waals surface area contributed by atoms with Crippen molar-refractivity contribution >= 4 is 17.5 Å². The summed E-state index contributed by atoms with van der Waals surface area (Å²) in [5, 5.41) is 12.9. The molecule has 0 spiro atoms. The standard InChI is InChI=1S/C13H17ClN2O2/c14-12-5-4-9(8-16-12)6-7-15-13(18)10-2-1-3-11(10)17/h4-5,8,10-11,17H,1-3,6-7H2,(H,15,18). The molecular formula is C13H17ClN2O2. The summed E-state index contributed by atoms with van der Waals surface area (Å²) in [6.07, 6.45) is 4.41. The zero-order chi connectivity index (χ0) is 13.0. The molecule has 1 aromatic rings. The van der Waals surface area contributed by atoms with Crippen LogP contribution in [0.4, 0.5) is 0 Å². The minimum absolute atomic E-state index is 0.0399. The van der Waals surface area contributed by atoms with Crippen LogP contribution < -0.4 is 5.32 Å². The van der Waals surface area contributed by atoms with Gasteiger partial charge in [0.2, 0.25) is 5.91 Å². The van der Waals surface area contributed by atoms with E-state index in [0.29, 0.717) is 11.7 Å². The second kappa shape index (κ2) is 6.16. The molecule has 98 valence electrons. The molecule has 1 aromatic heterocycles. The fourth-order valence-electron chi connectivity index (χ4n) is 2.26. The van der Waals surface area contributed by atoms with E-state index in [9.17, 15) is 9.90 Å². The molecule has 0 aliphatic heterocycles. The Balaban J connectivity index is 1.75. The number of hydrogen-bond donors (Lipinski definition) is 2. The molecule has 0 radical (unpaired) electrons. The third-order valence-corrected chi connectivity index (χ3v) is 3.54. The number of nitrogens with zero attached hydrogens (tertiary/aromatic N) is 1. The fourth-order valence-corrected chi connectivity index (χ4v) is 2.37. The molecule has 1 heterocycles. The summed E-state index contributed by atoms with van der Waals surface area (Å²) in [6, 6.07) is 3.63. The van der Waals surface area contributed by atoms with E-state index < -0.39 is 6.10 Å². The van der Waals surface area contributed by atoms with Gasteiger partial charge in [0.15, 0.2) is 0 Å². The predicted molar refractivity (Wildman–Crippen MR) is 69.3 cm³/mol. The Morgan fingerprint density at radius 2 is 2.33 bits per heavy atom. The average Bonchev–Trinajstić information content (AvgIpc) is 2.78. The number of hydrogen-bond acceptors (Lipinski definition) is 3. The van der Waals surface area contributed by atoms with Crippen molar-refractivity contribution in [3.63, 3.8) is 0 Å². The Kier molecular flexibility index (Phi) is 4.55. The van der Waals surface area contributed by atoms with Gasteiger partial charge in [-0.15, -0.1) is 0 Å². The van der Waals surface area contributed by atoms with Crippen LogP contribution in [0.3, 0.4) is 0 Å². The first kappa shape index (κ1) is 13.3. The maximum absolute atomic E-state index is 11.8. The van der Waals surface area contributed by atoms with Crippen LogP contribution in [0.15, 0.2) is 18.3 Å². The molecule has 18 heavy (non-hydrogen) atoms. The van der Waals surface area contributed by atoms with Crippen molar-refractivity contribution in [3.8, 4) is 0 Å². The van der Waals surface area contributed by atoms with Crippen LogP contribution in [-0.4, -0.2) is 28.6 Å². The number of carbonyl (C=O) groups excluding carboxylic acids is 1. The fraction of sp³-hybridized carbons (Fsp3) is 0.538. The molecule has 2 N–H and O–H groups in total. The summed E-state index contributed by atoms with van der Waals surface area (Å²) in [5.41, 5.74) is 1.03. The molecule has 2 atom stereocenters. The molecule has 0 bridgehead atoms. The topological polar surface area (TPSA) is 62.2 Å². The van der Waals surface area contributed by atoms with E-state index in [2.05, 4.69) is 10.3 Å². The molecular weight excluding hydrogens is 252 g/mol. The van der Waals surface area contributed by atoms with Crippen molar-refractivity contribution in [1.29, 1.82) is 0 Å². The highest BCUT2D eigenvalue weighted by atomic mass is 35.5. The number of halogens is 1. The first-order valence-corrected chi connectivity index (χ1v) is 6.61. The van der Waals surface area contributed by atoms with Gasteiger partial charge < -0.3 is 10.4 Å². The van der Waals surface area contributed by atoms with E-state index in [-0.39, 0.29) is 11.8 Å². The highest BCUT2D eigenvalue weighted by Gasteiger charge is 2.30. The van der Waals surface area contributed by atoms with Gasteiger partial charge in [-0.05, 0) is 37.3 Å². The van der Waals surface area contributed by atoms with Crippen molar-refractivity contribution in [2.24, 2.45) is 5.92 Å². The van der Waals surface area contributed by atoms with Gasteiger partial charge in [-0.25, -0.2) is 4.98 Å². The highest BCUT2D eigenvalue weighted by Crippen LogP contribution is 2.25. The minimum atomic E-state index is -0.470. The molecule has 4 nitrogen and oxygen atoms in total. The van der Waals surface area contributed by atoms with Gasteiger partial charge in [-0.2, -0.15) is 0 Å². The number of aliphatic hydroxyl groups excluding tert-OH is 1. The third-order valence-electron chi connectivity index (χ3n) is 3.32. The van der Waals surface area contributed by atoms with Crippen LogP contribution in [0.2, 0.25) is 5.15 Å². The Labute approximate surface area is 111 Å². The molecule has 5 heteroatoms. The highest BCUT2D eigenvalue weighted by molar-refractivity contribution is 6.29. The Morgan fingerprint density at radius 1 is 1.50 bits per heavy atom. The maximum Gasteiger partial charge on any atom is 0.225 e. The molecule has 1 saturated carbocycles. The first-order valence-electron chi connectivity index (χ1n) is 6.23. The van der Waals surface area contributed by atoms with Crippen molar-refractivity contribution < 1.29 is 9.90 Å². The number of aromatic nitrogens is 1. The summed E-state index contributed by atoms with van der Waals surface area (Å²) >= 11 is 5.69. The first-order chi connectivity index (χ1) is 8.66. The predicted octanol–water partition coefficient (Wildman–Crippen LogP) is 1.55. The lowest BCUT2D eigenvalue weighted by Gasteiger charge is -2.14. The van der Waals surface area contributed by atoms with Crippen molar-refractivity contribution in [2.75, 3.05) is 6.54 Å². The zero-order valence-corrected chi connectivity index (χ0v) is 10.9. The van der Waals surface area contributed by atoms with E-state index in [1.165, 1.54) is 0 Å². The van der Waals surface area contributed by atoms with Crippen LogP contribution >= 0.6 is 11.6 Å². The number of carbonyl (C=O) groups is 1. The van der Waals surface area contributed by atoms with Crippen molar-refractivity contribution in [3.05, 3.63) is 29.0 Å². The smallest absolute Gasteiger partial charge is 0.225 e. The Morgan fingerprint density at radius 3 is 2.94 bits per heavy atom. The van der Waals surface area contributed by atoms with Crippen LogP contribution in [-0.2, 0) is 11.2 Å². The molecule has 0 aromatic carbocycles. The van der Waals surface area contributed by atoms with Gasteiger partial charge in [-0.3, -0.25) is 4.79 Å². The van der Waals surface area contributed by atoms with E-state index in [4.69, 9.17) is 11.6 Å². The lowest BCUT2D eigenvalue weighted by Crippen LogP contribution is -2.35. The molecule has 1 aliphatic rings. The van der Waals surface area contributed by atoms with E-state index in [0.717, 1.165) is 31.2 Å². The quantitative estimate of drug-likeness (QED) is 0.815. The summed E-state index contributed by atoms with van der Waals surface area (Å²) in [5.74, 6) is -0.268. The number of aliphatic hydroxyl groups is 1. The molecule has 0 saturated heterocycles. The van der Waals surface area contributed by atoms with Crippen LogP contribution in [0.5, 0.6) is 0 Å². The molecule has 1 fully saturated rings. The maximum atomic E-state index is 11.8. The summed E-state index contributed by atoms with van der Waals surface area (Å²) in [7, 11) is 0. The van der Waals surface area contributed by atoms with Gasteiger partial charge in [0.1, 0.15) is 5.15 Å². The van der Waals surface area contributed by atoms with Gasteiger partial charge in [-0.1, -0.05) is 17.7 Å². The summed E-state index contributed by atoms with van der Waals surface area (Å²) < 4.78 is 0. The largest absolute Gasteiger partial charge is 0.392 e. The number of rotatable bonds is 4. The average molecular weight is 269 g/mol. The second-order valence-electron chi connectivity index (χ2n) is 4.63. The Hall–Kier alpha value is -1.13. The molecule has 1 amide bonds. The molecule has 2 rings (SSSR count). The van der Waals surface area contributed by atoms with Crippen LogP contribution in [0.1, 0.15) is 24.8 Å². The van der Waals surface area contributed by atoms with E-state index in [1.54, 1.807) is 12.3 Å². The monoisotopic (exact) mass is 268 g/mol. The van der Waals surface area contributed by atoms with Crippen LogP contribution in [0.25, 0.3) is 0 Å². The van der Waals surface area contributed by atoms with Crippen molar-refractivity contribution in [2.45, 2.75) is 31.8 Å². The van der Waals surface area contributed by atoms with Gasteiger partial charge in [0, 0.05) is 12.7 Å². The molecule has 1 aliphatic carbocycles. The normalized spacial score (nSPS) is 23.0. The van der Waals surface area contributed by atoms with E-state index >= 15 is 0 Å². The second-order valence-corrected chi connectivity index (χ2v) is 5.02. The van der Waals surface area contributed by atoms with Crippen molar-refractivity contribution in [1.82, 2.24) is 10.3 Å². The number of amides is 1. The third kappa shape index (κ3) is 3.43. The van der Waals surface area contributed by atoms with E-state index in [1.807, 2.05) is 6.07 Å². The lowest BCUT2D eigenvalue weighted by atomic mass is 10.1. The minimum Gasteiger partial charge on any atom is -0.392 e. The number of pyridine rings is 1. The van der Waals surface area contributed by atoms with Gasteiger partial charge in [0.05, 0.1) is 12.0 Å². The Bertz CT molecular complexity index is 408. The number of nitrogens with one attached hydrogen (secondary N) is 1. The summed E-state index contributed by atoms with van der Waals surface area (Å²) in [6.45, 7) is 0.561. The van der Waals surface area contributed by atoms with Crippen LogP contribution in [0, 0.1) is 5.92 Å². The van der Waals surface area contributed by atoms with Gasteiger partial charge >= 0.3 is 0 Å². The van der Waals surface area contributed by atoms with Gasteiger partial charge in [0.25, 0.3) is 0 Å². The zero-order valence-electron chi connectivity index (χ0n) is 10.1.